The summed E-state index contributed by atoms with van der Waals surface area (Å²) in [5.74, 6) is -0.287. The summed E-state index contributed by atoms with van der Waals surface area (Å²) in [6, 6.07) is 7.56. The van der Waals surface area contributed by atoms with E-state index in [0.717, 1.165) is 12.0 Å². The molecule has 2 atom stereocenters. The molecule has 6 heteroatoms. The van der Waals surface area contributed by atoms with Gasteiger partial charge in [-0.3, -0.25) is 9.59 Å². The Morgan fingerprint density at radius 3 is 2.61 bits per heavy atom. The van der Waals surface area contributed by atoms with Gasteiger partial charge in [0.25, 0.3) is 0 Å². The van der Waals surface area contributed by atoms with Crippen LogP contribution in [0.2, 0.25) is 5.02 Å². The van der Waals surface area contributed by atoms with Crippen LogP contribution in [-0.2, 0) is 19.1 Å². The fourth-order valence-electron chi connectivity index (χ4n) is 2.61. The summed E-state index contributed by atoms with van der Waals surface area (Å²) in [4.78, 5) is 25.8. The standard InChI is InChI=1S/C17H22ClNO4/c1-3-23-16(20)11-19(8-9-22-2)17(21)15-10-14(15)12-4-6-13(18)7-5-12/h4-7,14-15H,3,8-11H2,1-2H3. The lowest BCUT2D eigenvalue weighted by molar-refractivity contribution is -0.149. The average Bonchev–Trinajstić information content (AvgIpc) is 3.32. The molecule has 23 heavy (non-hydrogen) atoms. The van der Waals surface area contributed by atoms with Crippen molar-refractivity contribution in [2.45, 2.75) is 19.3 Å². The second-order valence-corrected chi connectivity index (χ2v) is 5.99. The highest BCUT2D eigenvalue weighted by Gasteiger charge is 2.45. The Hall–Kier alpha value is -1.59. The summed E-state index contributed by atoms with van der Waals surface area (Å²) in [6.45, 7) is 2.81. The second-order valence-electron chi connectivity index (χ2n) is 5.56. The van der Waals surface area contributed by atoms with Crippen molar-refractivity contribution < 1.29 is 19.1 Å². The molecule has 1 aliphatic rings. The zero-order valence-corrected chi connectivity index (χ0v) is 14.2. The number of nitrogens with zero attached hydrogens (tertiary/aromatic N) is 1. The van der Waals surface area contributed by atoms with Gasteiger partial charge in [0.2, 0.25) is 5.91 Å². The molecular formula is C17H22ClNO4. The van der Waals surface area contributed by atoms with Crippen LogP contribution in [0.15, 0.2) is 24.3 Å². The van der Waals surface area contributed by atoms with Crippen LogP contribution in [-0.4, -0.2) is 50.2 Å². The van der Waals surface area contributed by atoms with E-state index < -0.39 is 0 Å². The van der Waals surface area contributed by atoms with Gasteiger partial charge in [0.15, 0.2) is 0 Å². The van der Waals surface area contributed by atoms with Crippen molar-refractivity contribution in [2.75, 3.05) is 33.4 Å². The molecule has 0 radical (unpaired) electrons. The summed E-state index contributed by atoms with van der Waals surface area (Å²) in [5.41, 5.74) is 1.11. The van der Waals surface area contributed by atoms with E-state index in [0.29, 0.717) is 24.8 Å². The predicted octanol–water partition coefficient (Wildman–Crippen LogP) is 2.48. The van der Waals surface area contributed by atoms with Gasteiger partial charge in [0.05, 0.1) is 13.2 Å². The van der Waals surface area contributed by atoms with Crippen LogP contribution < -0.4 is 0 Å². The van der Waals surface area contributed by atoms with E-state index in [-0.39, 0.29) is 30.3 Å². The Morgan fingerprint density at radius 2 is 2.00 bits per heavy atom. The normalized spacial score (nSPS) is 19.3. The topological polar surface area (TPSA) is 55.8 Å². The SMILES string of the molecule is CCOC(=O)CN(CCOC)C(=O)C1CC1c1ccc(Cl)cc1. The van der Waals surface area contributed by atoms with Crippen molar-refractivity contribution in [3.8, 4) is 0 Å². The van der Waals surface area contributed by atoms with E-state index in [1.165, 1.54) is 4.90 Å². The van der Waals surface area contributed by atoms with E-state index in [9.17, 15) is 9.59 Å². The van der Waals surface area contributed by atoms with E-state index in [1.54, 1.807) is 14.0 Å². The lowest BCUT2D eigenvalue weighted by atomic mass is 10.1. The highest BCUT2D eigenvalue weighted by atomic mass is 35.5. The summed E-state index contributed by atoms with van der Waals surface area (Å²) in [5, 5.41) is 0.682. The Labute approximate surface area is 141 Å². The Balaban J connectivity index is 1.97. The van der Waals surface area contributed by atoms with Crippen molar-refractivity contribution in [2.24, 2.45) is 5.92 Å². The smallest absolute Gasteiger partial charge is 0.325 e. The summed E-state index contributed by atoms with van der Waals surface area (Å²) < 4.78 is 9.97. The van der Waals surface area contributed by atoms with Crippen LogP contribution >= 0.6 is 11.6 Å². The number of hydrogen-bond acceptors (Lipinski definition) is 4. The molecule has 0 spiro atoms. The molecule has 1 aliphatic carbocycles. The number of halogens is 1. The Bertz CT molecular complexity index is 546. The fourth-order valence-corrected chi connectivity index (χ4v) is 2.74. The van der Waals surface area contributed by atoms with E-state index in [1.807, 2.05) is 24.3 Å². The zero-order valence-electron chi connectivity index (χ0n) is 13.5. The zero-order chi connectivity index (χ0) is 16.8. The summed E-state index contributed by atoms with van der Waals surface area (Å²) in [7, 11) is 1.57. The van der Waals surface area contributed by atoms with Crippen LogP contribution in [0, 0.1) is 5.92 Å². The van der Waals surface area contributed by atoms with Crippen molar-refractivity contribution in [1.82, 2.24) is 4.90 Å². The third kappa shape index (κ3) is 4.94. The van der Waals surface area contributed by atoms with Gasteiger partial charge in [0.1, 0.15) is 6.54 Å². The number of amides is 1. The van der Waals surface area contributed by atoms with Gasteiger partial charge in [-0.1, -0.05) is 23.7 Å². The third-order valence-corrected chi connectivity index (χ3v) is 4.16. The van der Waals surface area contributed by atoms with Gasteiger partial charge >= 0.3 is 5.97 Å². The number of hydrogen-bond donors (Lipinski definition) is 0. The molecule has 1 amide bonds. The third-order valence-electron chi connectivity index (χ3n) is 3.91. The van der Waals surface area contributed by atoms with Gasteiger partial charge in [-0.25, -0.2) is 0 Å². The van der Waals surface area contributed by atoms with Crippen LogP contribution in [0.5, 0.6) is 0 Å². The van der Waals surface area contributed by atoms with Crippen molar-refractivity contribution in [3.63, 3.8) is 0 Å². The van der Waals surface area contributed by atoms with Gasteiger partial charge in [-0.2, -0.15) is 0 Å². The van der Waals surface area contributed by atoms with Gasteiger partial charge < -0.3 is 14.4 Å². The molecule has 2 rings (SSSR count). The molecule has 5 nitrogen and oxygen atoms in total. The largest absolute Gasteiger partial charge is 0.465 e. The highest BCUT2D eigenvalue weighted by Crippen LogP contribution is 2.48. The fraction of sp³-hybridized carbons (Fsp3) is 0.529. The van der Waals surface area contributed by atoms with Crippen LogP contribution in [0.3, 0.4) is 0 Å². The number of carbonyl (C=O) groups is 2. The molecule has 0 aliphatic heterocycles. The molecule has 0 heterocycles. The van der Waals surface area contributed by atoms with Crippen molar-refractivity contribution in [1.29, 1.82) is 0 Å². The minimum absolute atomic E-state index is 0.0185. The van der Waals surface area contributed by atoms with Crippen molar-refractivity contribution >= 4 is 23.5 Å². The minimum atomic E-state index is -0.388. The lowest BCUT2D eigenvalue weighted by Crippen LogP contribution is -2.39. The highest BCUT2D eigenvalue weighted by molar-refractivity contribution is 6.30. The quantitative estimate of drug-likeness (QED) is 0.683. The van der Waals surface area contributed by atoms with Crippen LogP contribution in [0.25, 0.3) is 0 Å². The monoisotopic (exact) mass is 339 g/mol. The maximum atomic E-state index is 12.6. The maximum absolute atomic E-state index is 12.6. The lowest BCUT2D eigenvalue weighted by Gasteiger charge is -2.21. The van der Waals surface area contributed by atoms with E-state index in [4.69, 9.17) is 21.1 Å². The summed E-state index contributed by atoms with van der Waals surface area (Å²) in [6.07, 6.45) is 0.798. The molecule has 2 unspecified atom stereocenters. The molecule has 0 bridgehead atoms. The second kappa shape index (κ2) is 8.31. The van der Waals surface area contributed by atoms with Crippen LogP contribution in [0.4, 0.5) is 0 Å². The molecule has 0 aromatic heterocycles. The minimum Gasteiger partial charge on any atom is -0.465 e. The number of carbonyl (C=O) groups excluding carboxylic acids is 2. The summed E-state index contributed by atoms with van der Waals surface area (Å²) >= 11 is 5.89. The number of ether oxygens (including phenoxy) is 2. The van der Waals surface area contributed by atoms with E-state index in [2.05, 4.69) is 0 Å². The van der Waals surface area contributed by atoms with Gasteiger partial charge in [0, 0.05) is 24.6 Å². The van der Waals surface area contributed by atoms with Crippen LogP contribution in [0.1, 0.15) is 24.8 Å². The number of methoxy groups -OCH3 is 1. The Kier molecular flexibility index (Phi) is 6.42. The number of benzene rings is 1. The van der Waals surface area contributed by atoms with Gasteiger partial charge in [-0.05, 0) is 37.0 Å². The molecule has 0 saturated heterocycles. The molecule has 1 aromatic carbocycles. The first-order valence-corrected chi connectivity index (χ1v) is 8.13. The van der Waals surface area contributed by atoms with Gasteiger partial charge in [-0.15, -0.1) is 0 Å². The number of rotatable bonds is 8. The van der Waals surface area contributed by atoms with Crippen molar-refractivity contribution in [3.05, 3.63) is 34.9 Å². The first kappa shape index (κ1) is 17.8. The molecule has 0 N–H and O–H groups in total. The molecule has 1 aromatic rings. The molecule has 1 saturated carbocycles. The average molecular weight is 340 g/mol. The molecule has 1 fully saturated rings. The first-order valence-electron chi connectivity index (χ1n) is 7.75. The molecule has 126 valence electrons. The van der Waals surface area contributed by atoms with E-state index >= 15 is 0 Å². The maximum Gasteiger partial charge on any atom is 0.325 e. The Morgan fingerprint density at radius 1 is 1.30 bits per heavy atom. The first-order chi connectivity index (χ1) is 11.1. The number of esters is 1. The predicted molar refractivity (Wildman–Crippen MR) is 87.4 cm³/mol. The molecular weight excluding hydrogens is 318 g/mol.